The number of Topliss-reactive ketones (excluding diaryl/α,β-unsaturated/α-hetero) is 1. The Labute approximate surface area is 150 Å². The number of carbonyl (C=O) groups is 1. The first-order chi connectivity index (χ1) is 11.3. The molecule has 0 amide bonds. The van der Waals surface area contributed by atoms with E-state index < -0.39 is 0 Å². The SMILES string of the molecule is CC(=O)CC/C(C)=C/CC/C=C(\C)CC/C=C(\C)CCC=C(C)C. The van der Waals surface area contributed by atoms with Crippen LogP contribution in [0.3, 0.4) is 0 Å². The molecule has 0 aliphatic carbocycles. The van der Waals surface area contributed by atoms with Gasteiger partial charge in [0.25, 0.3) is 0 Å². The van der Waals surface area contributed by atoms with Gasteiger partial charge in [-0.25, -0.2) is 0 Å². The van der Waals surface area contributed by atoms with Gasteiger partial charge < -0.3 is 4.79 Å². The first-order valence-corrected chi connectivity index (χ1v) is 9.41. The molecule has 0 spiro atoms. The standard InChI is InChI=1S/C23H38O/c1-19(2)11-9-14-21(4)16-10-15-20(3)12-7-8-13-22(5)17-18-23(6)24/h11-13,16H,7-10,14-15,17-18H2,1-6H3/b20-12+,21-16+,22-13+. The molecule has 0 heterocycles. The minimum absolute atomic E-state index is 0.280. The molecule has 0 radical (unpaired) electrons. The molecular weight excluding hydrogens is 292 g/mol. The largest absolute Gasteiger partial charge is 0.300 e. The quantitative estimate of drug-likeness (QED) is 0.267. The van der Waals surface area contributed by atoms with E-state index in [0.717, 1.165) is 38.5 Å². The maximum atomic E-state index is 11.0. The van der Waals surface area contributed by atoms with Crippen molar-refractivity contribution in [1.29, 1.82) is 0 Å². The molecule has 0 aliphatic heterocycles. The van der Waals surface area contributed by atoms with Gasteiger partial charge in [-0.05, 0) is 86.5 Å². The highest BCUT2D eigenvalue weighted by Crippen LogP contribution is 2.13. The zero-order valence-corrected chi connectivity index (χ0v) is 16.9. The predicted octanol–water partition coefficient (Wildman–Crippen LogP) is 7.50. The van der Waals surface area contributed by atoms with Crippen LogP contribution in [0.2, 0.25) is 0 Å². The molecule has 1 nitrogen and oxygen atoms in total. The van der Waals surface area contributed by atoms with Gasteiger partial charge in [-0.2, -0.15) is 0 Å². The number of unbranched alkanes of at least 4 members (excludes halogenated alkanes) is 1. The summed E-state index contributed by atoms with van der Waals surface area (Å²) in [6.07, 6.45) is 17.8. The lowest BCUT2D eigenvalue weighted by Crippen LogP contribution is -1.89. The summed E-state index contributed by atoms with van der Waals surface area (Å²) in [7, 11) is 0. The van der Waals surface area contributed by atoms with E-state index in [1.165, 1.54) is 28.7 Å². The first kappa shape index (κ1) is 22.6. The second-order valence-electron chi connectivity index (χ2n) is 7.29. The van der Waals surface area contributed by atoms with Gasteiger partial charge in [-0.3, -0.25) is 0 Å². The summed E-state index contributed by atoms with van der Waals surface area (Å²) < 4.78 is 0. The molecule has 0 N–H and O–H groups in total. The van der Waals surface area contributed by atoms with E-state index in [9.17, 15) is 4.79 Å². The second-order valence-corrected chi connectivity index (χ2v) is 7.29. The Morgan fingerprint density at radius 1 is 0.542 bits per heavy atom. The number of hydrogen-bond acceptors (Lipinski definition) is 1. The van der Waals surface area contributed by atoms with Crippen LogP contribution < -0.4 is 0 Å². The van der Waals surface area contributed by atoms with E-state index in [-0.39, 0.29) is 5.78 Å². The average molecular weight is 331 g/mol. The molecule has 0 unspecified atom stereocenters. The molecule has 0 aromatic rings. The third-order valence-corrected chi connectivity index (χ3v) is 4.15. The fraction of sp³-hybridized carbons (Fsp3) is 0.609. The highest BCUT2D eigenvalue weighted by Gasteiger charge is 1.95. The van der Waals surface area contributed by atoms with Gasteiger partial charge >= 0.3 is 0 Å². The van der Waals surface area contributed by atoms with Crippen LogP contribution in [0.5, 0.6) is 0 Å². The number of rotatable bonds is 12. The van der Waals surface area contributed by atoms with Crippen molar-refractivity contribution in [2.45, 2.75) is 92.9 Å². The predicted molar refractivity (Wildman–Crippen MR) is 108 cm³/mol. The number of allylic oxidation sites excluding steroid dienone is 8. The molecule has 0 atom stereocenters. The van der Waals surface area contributed by atoms with E-state index in [0.29, 0.717) is 6.42 Å². The number of ketones is 1. The van der Waals surface area contributed by atoms with E-state index >= 15 is 0 Å². The van der Waals surface area contributed by atoms with Crippen LogP contribution in [-0.4, -0.2) is 5.78 Å². The fourth-order valence-electron chi connectivity index (χ4n) is 2.47. The summed E-state index contributed by atoms with van der Waals surface area (Å²) in [5.41, 5.74) is 5.74. The Hall–Kier alpha value is -1.37. The van der Waals surface area contributed by atoms with Crippen molar-refractivity contribution >= 4 is 5.78 Å². The molecule has 0 saturated carbocycles. The van der Waals surface area contributed by atoms with Crippen LogP contribution in [0.4, 0.5) is 0 Å². The third kappa shape index (κ3) is 15.5. The Morgan fingerprint density at radius 2 is 0.958 bits per heavy atom. The van der Waals surface area contributed by atoms with E-state index in [2.05, 4.69) is 58.9 Å². The van der Waals surface area contributed by atoms with Crippen molar-refractivity contribution in [1.82, 2.24) is 0 Å². The number of carbonyl (C=O) groups excluding carboxylic acids is 1. The van der Waals surface area contributed by atoms with Crippen LogP contribution in [0.25, 0.3) is 0 Å². The second kappa shape index (κ2) is 14.0. The molecule has 0 aliphatic rings. The van der Waals surface area contributed by atoms with Crippen LogP contribution in [0, 0.1) is 0 Å². The molecule has 0 aromatic carbocycles. The summed E-state index contributed by atoms with van der Waals surface area (Å²) in [4.78, 5) is 11.0. The summed E-state index contributed by atoms with van der Waals surface area (Å²) >= 11 is 0. The third-order valence-electron chi connectivity index (χ3n) is 4.15. The maximum absolute atomic E-state index is 11.0. The van der Waals surface area contributed by atoms with Crippen LogP contribution in [0.1, 0.15) is 92.9 Å². The molecule has 0 saturated heterocycles. The van der Waals surface area contributed by atoms with Crippen LogP contribution in [-0.2, 0) is 4.79 Å². The molecule has 0 fully saturated rings. The van der Waals surface area contributed by atoms with Gasteiger partial charge in [-0.15, -0.1) is 0 Å². The smallest absolute Gasteiger partial charge is 0.130 e. The molecule has 1 heteroatoms. The summed E-state index contributed by atoms with van der Waals surface area (Å²) in [6, 6.07) is 0. The normalized spacial score (nSPS) is 13.2. The highest BCUT2D eigenvalue weighted by atomic mass is 16.1. The number of hydrogen-bond donors (Lipinski definition) is 0. The summed E-state index contributed by atoms with van der Waals surface area (Å²) in [5, 5.41) is 0. The fourth-order valence-corrected chi connectivity index (χ4v) is 2.47. The van der Waals surface area contributed by atoms with E-state index in [1.807, 2.05) is 0 Å². The lowest BCUT2D eigenvalue weighted by molar-refractivity contribution is -0.116. The highest BCUT2D eigenvalue weighted by molar-refractivity contribution is 5.75. The lowest BCUT2D eigenvalue weighted by atomic mass is 10.0. The molecule has 0 rings (SSSR count). The maximum Gasteiger partial charge on any atom is 0.130 e. The Morgan fingerprint density at radius 3 is 1.42 bits per heavy atom. The molecule has 24 heavy (non-hydrogen) atoms. The molecule has 0 bridgehead atoms. The summed E-state index contributed by atoms with van der Waals surface area (Å²) in [6.45, 7) is 12.6. The van der Waals surface area contributed by atoms with Gasteiger partial charge in [-0.1, -0.05) is 46.6 Å². The molecular formula is C23H38O. The van der Waals surface area contributed by atoms with Crippen molar-refractivity contribution in [3.05, 3.63) is 46.6 Å². The van der Waals surface area contributed by atoms with Gasteiger partial charge in [0, 0.05) is 6.42 Å². The van der Waals surface area contributed by atoms with E-state index in [1.54, 1.807) is 6.92 Å². The Balaban J connectivity index is 3.96. The average Bonchev–Trinajstić information content (AvgIpc) is 2.49. The van der Waals surface area contributed by atoms with Crippen LogP contribution >= 0.6 is 0 Å². The van der Waals surface area contributed by atoms with Gasteiger partial charge in [0.05, 0.1) is 0 Å². The topological polar surface area (TPSA) is 17.1 Å². The summed E-state index contributed by atoms with van der Waals surface area (Å²) in [5.74, 6) is 0.280. The van der Waals surface area contributed by atoms with Gasteiger partial charge in [0.1, 0.15) is 5.78 Å². The first-order valence-electron chi connectivity index (χ1n) is 9.41. The molecule has 0 aromatic heterocycles. The zero-order chi connectivity index (χ0) is 18.4. The van der Waals surface area contributed by atoms with Crippen molar-refractivity contribution in [3.8, 4) is 0 Å². The van der Waals surface area contributed by atoms with Crippen molar-refractivity contribution < 1.29 is 4.79 Å². The van der Waals surface area contributed by atoms with Crippen molar-refractivity contribution in [2.24, 2.45) is 0 Å². The van der Waals surface area contributed by atoms with Gasteiger partial charge in [0.15, 0.2) is 0 Å². The van der Waals surface area contributed by atoms with Crippen molar-refractivity contribution in [2.75, 3.05) is 0 Å². The van der Waals surface area contributed by atoms with Gasteiger partial charge in [0.2, 0.25) is 0 Å². The minimum atomic E-state index is 0.280. The van der Waals surface area contributed by atoms with Crippen molar-refractivity contribution in [3.63, 3.8) is 0 Å². The Bertz CT molecular complexity index is 482. The van der Waals surface area contributed by atoms with E-state index in [4.69, 9.17) is 0 Å². The zero-order valence-electron chi connectivity index (χ0n) is 16.9. The van der Waals surface area contributed by atoms with Crippen LogP contribution in [0.15, 0.2) is 46.6 Å². The lowest BCUT2D eigenvalue weighted by Gasteiger charge is -2.02. The monoisotopic (exact) mass is 330 g/mol. The molecule has 136 valence electrons. The Kier molecular flexibility index (Phi) is 13.2. The minimum Gasteiger partial charge on any atom is -0.300 e.